The second-order valence-corrected chi connectivity index (χ2v) is 7.91. The molecule has 2 aliphatic heterocycles. The molecule has 0 aliphatic carbocycles. The van der Waals surface area contributed by atoms with Gasteiger partial charge in [0.2, 0.25) is 0 Å². The lowest BCUT2D eigenvalue weighted by Gasteiger charge is -2.25. The number of hydrogen-bond acceptors (Lipinski definition) is 3. The van der Waals surface area contributed by atoms with Crippen molar-refractivity contribution in [3.63, 3.8) is 0 Å². The first-order valence-corrected chi connectivity index (χ1v) is 9.56. The van der Waals surface area contributed by atoms with Crippen LogP contribution in [0.5, 0.6) is 0 Å². The van der Waals surface area contributed by atoms with Crippen molar-refractivity contribution in [1.29, 1.82) is 0 Å². The van der Waals surface area contributed by atoms with Crippen LogP contribution in [0.25, 0.3) is 0 Å². The van der Waals surface area contributed by atoms with Gasteiger partial charge in [-0.2, -0.15) is 23.5 Å². The largest absolute Gasteiger partial charge is 0.373 e. The van der Waals surface area contributed by atoms with Crippen molar-refractivity contribution in [1.82, 2.24) is 0 Å². The first-order valence-electron chi connectivity index (χ1n) is 7.46. The predicted molar refractivity (Wildman–Crippen MR) is 89.2 cm³/mol. The Labute approximate surface area is 126 Å². The van der Waals surface area contributed by atoms with Gasteiger partial charge in [-0.05, 0) is 51.0 Å². The Kier molecular flexibility index (Phi) is 6.89. The molecule has 3 heteroatoms. The Balaban J connectivity index is 1.84. The number of rotatable bonds is 6. The van der Waals surface area contributed by atoms with Crippen molar-refractivity contribution in [3.05, 3.63) is 24.3 Å². The van der Waals surface area contributed by atoms with Crippen LogP contribution in [0.3, 0.4) is 0 Å². The van der Waals surface area contributed by atoms with E-state index in [4.69, 9.17) is 4.74 Å². The maximum absolute atomic E-state index is 6.48. The highest BCUT2D eigenvalue weighted by atomic mass is 32.2. The van der Waals surface area contributed by atoms with Crippen LogP contribution in [0.15, 0.2) is 24.3 Å². The maximum atomic E-state index is 6.48. The molecule has 4 unspecified atom stereocenters. The lowest BCUT2D eigenvalue weighted by atomic mass is 10.1. The number of thioether (sulfide) groups is 2. The third kappa shape index (κ3) is 4.57. The molecule has 0 aromatic carbocycles. The average molecular weight is 299 g/mol. The first kappa shape index (κ1) is 15.5. The smallest absolute Gasteiger partial charge is 0.0708 e. The molecule has 2 rings (SSSR count). The van der Waals surface area contributed by atoms with E-state index in [9.17, 15) is 0 Å². The molecule has 0 bridgehead atoms. The van der Waals surface area contributed by atoms with E-state index >= 15 is 0 Å². The SMILES string of the molecule is C/C=C/CC1SCCC1OC1CCSC1C/C=C/C. The second kappa shape index (κ2) is 8.43. The lowest BCUT2D eigenvalue weighted by Crippen LogP contribution is -2.31. The summed E-state index contributed by atoms with van der Waals surface area (Å²) in [7, 11) is 0. The molecule has 0 amide bonds. The molecule has 2 saturated heterocycles. The minimum atomic E-state index is 0.484. The van der Waals surface area contributed by atoms with Gasteiger partial charge in [0.05, 0.1) is 12.2 Å². The highest BCUT2D eigenvalue weighted by molar-refractivity contribution is 8.00. The summed E-state index contributed by atoms with van der Waals surface area (Å²) in [5.41, 5.74) is 0. The van der Waals surface area contributed by atoms with Crippen LogP contribution in [0.4, 0.5) is 0 Å². The highest BCUT2D eigenvalue weighted by Gasteiger charge is 2.34. The minimum Gasteiger partial charge on any atom is -0.373 e. The summed E-state index contributed by atoms with van der Waals surface area (Å²) in [4.78, 5) is 0. The molecular weight excluding hydrogens is 272 g/mol. The summed E-state index contributed by atoms with van der Waals surface area (Å²) < 4.78 is 6.48. The quantitative estimate of drug-likeness (QED) is 0.659. The van der Waals surface area contributed by atoms with E-state index in [1.54, 1.807) is 0 Å². The van der Waals surface area contributed by atoms with Gasteiger partial charge in [0, 0.05) is 10.5 Å². The van der Waals surface area contributed by atoms with Crippen molar-refractivity contribution in [3.8, 4) is 0 Å². The maximum Gasteiger partial charge on any atom is 0.0708 e. The van der Waals surface area contributed by atoms with E-state index in [-0.39, 0.29) is 0 Å². The van der Waals surface area contributed by atoms with Crippen LogP contribution in [-0.2, 0) is 4.74 Å². The molecule has 2 heterocycles. The minimum absolute atomic E-state index is 0.484. The summed E-state index contributed by atoms with van der Waals surface area (Å²) >= 11 is 4.19. The molecule has 2 aliphatic rings. The molecule has 0 radical (unpaired) electrons. The van der Waals surface area contributed by atoms with Crippen LogP contribution in [0.2, 0.25) is 0 Å². The zero-order valence-electron chi connectivity index (χ0n) is 12.1. The monoisotopic (exact) mass is 298 g/mol. The fraction of sp³-hybridized carbons (Fsp3) is 0.750. The van der Waals surface area contributed by atoms with E-state index in [1.165, 1.54) is 37.2 Å². The molecule has 0 N–H and O–H groups in total. The van der Waals surface area contributed by atoms with Gasteiger partial charge in [-0.25, -0.2) is 0 Å². The predicted octanol–water partition coefficient (Wildman–Crippen LogP) is 4.68. The molecule has 0 saturated carbocycles. The van der Waals surface area contributed by atoms with Gasteiger partial charge in [0.25, 0.3) is 0 Å². The van der Waals surface area contributed by atoms with Crippen LogP contribution >= 0.6 is 23.5 Å². The van der Waals surface area contributed by atoms with Crippen molar-refractivity contribution >= 4 is 23.5 Å². The highest BCUT2D eigenvalue weighted by Crippen LogP contribution is 2.38. The van der Waals surface area contributed by atoms with Crippen LogP contribution in [-0.4, -0.2) is 34.2 Å². The first-order chi connectivity index (χ1) is 9.35. The molecule has 1 nitrogen and oxygen atoms in total. The third-order valence-electron chi connectivity index (χ3n) is 3.86. The van der Waals surface area contributed by atoms with E-state index in [1.807, 2.05) is 0 Å². The Morgan fingerprint density at radius 1 is 0.895 bits per heavy atom. The summed E-state index contributed by atoms with van der Waals surface area (Å²) in [5, 5.41) is 1.37. The molecule has 2 fully saturated rings. The molecule has 0 spiro atoms. The Morgan fingerprint density at radius 2 is 1.37 bits per heavy atom. The molecule has 19 heavy (non-hydrogen) atoms. The Hall–Kier alpha value is 0.140. The van der Waals surface area contributed by atoms with Gasteiger partial charge in [-0.15, -0.1) is 0 Å². The molecule has 0 aromatic rings. The van der Waals surface area contributed by atoms with Crippen molar-refractivity contribution < 1.29 is 4.74 Å². The second-order valence-electron chi connectivity index (χ2n) is 5.22. The van der Waals surface area contributed by atoms with Crippen LogP contribution in [0, 0.1) is 0 Å². The van der Waals surface area contributed by atoms with Gasteiger partial charge in [0.15, 0.2) is 0 Å². The molecule has 108 valence electrons. The van der Waals surface area contributed by atoms with E-state index in [0.29, 0.717) is 22.7 Å². The third-order valence-corrected chi connectivity index (χ3v) is 6.65. The number of hydrogen-bond donors (Lipinski definition) is 0. The summed E-state index contributed by atoms with van der Waals surface area (Å²) in [6, 6.07) is 0. The Morgan fingerprint density at radius 3 is 1.79 bits per heavy atom. The van der Waals surface area contributed by atoms with Gasteiger partial charge in [-0.1, -0.05) is 24.3 Å². The Bertz CT molecular complexity index is 284. The molecule has 0 aromatic heterocycles. The number of ether oxygens (including phenoxy) is 1. The standard InChI is InChI=1S/C16H26OS2/c1-3-5-7-15-13(9-11-18-15)17-14-10-12-19-16(14)8-6-4-2/h3-6,13-16H,7-12H2,1-2H3/b5-3+,6-4+. The van der Waals surface area contributed by atoms with Gasteiger partial charge < -0.3 is 4.74 Å². The van der Waals surface area contributed by atoms with Crippen LogP contribution in [0.1, 0.15) is 39.5 Å². The van der Waals surface area contributed by atoms with Gasteiger partial charge >= 0.3 is 0 Å². The van der Waals surface area contributed by atoms with E-state index < -0.39 is 0 Å². The average Bonchev–Trinajstić information content (AvgIpc) is 3.04. The van der Waals surface area contributed by atoms with Crippen molar-refractivity contribution in [2.24, 2.45) is 0 Å². The summed E-state index contributed by atoms with van der Waals surface area (Å²) in [6.45, 7) is 4.21. The van der Waals surface area contributed by atoms with Gasteiger partial charge in [-0.3, -0.25) is 0 Å². The fourth-order valence-corrected chi connectivity index (χ4v) is 5.44. The summed E-state index contributed by atoms with van der Waals surface area (Å²) in [6.07, 6.45) is 14.7. The van der Waals surface area contributed by atoms with E-state index in [2.05, 4.69) is 61.7 Å². The fourth-order valence-electron chi connectivity index (χ4n) is 2.77. The zero-order chi connectivity index (χ0) is 13.5. The van der Waals surface area contributed by atoms with Crippen molar-refractivity contribution in [2.75, 3.05) is 11.5 Å². The molecular formula is C16H26OS2. The lowest BCUT2D eigenvalue weighted by molar-refractivity contribution is -0.00830. The van der Waals surface area contributed by atoms with Gasteiger partial charge in [0.1, 0.15) is 0 Å². The van der Waals surface area contributed by atoms with Crippen molar-refractivity contribution in [2.45, 2.75) is 62.2 Å². The van der Waals surface area contributed by atoms with Crippen LogP contribution < -0.4 is 0 Å². The zero-order valence-corrected chi connectivity index (χ0v) is 13.7. The van der Waals surface area contributed by atoms with E-state index in [0.717, 1.165) is 0 Å². The normalized spacial score (nSPS) is 35.9. The number of allylic oxidation sites excluding steroid dienone is 4. The molecule has 4 atom stereocenters. The summed E-state index contributed by atoms with van der Waals surface area (Å²) in [5.74, 6) is 2.54. The topological polar surface area (TPSA) is 9.23 Å².